The molecule has 0 radical (unpaired) electrons. The smallest absolute Gasteiger partial charge is 0.00773 e. The predicted molar refractivity (Wildman–Crippen MR) is 88.3 cm³/mol. The fourth-order valence-electron chi connectivity index (χ4n) is 1.91. The molecule has 0 spiro atoms. The Hall–Kier alpha value is -0.820. The predicted octanol–water partition coefficient (Wildman–Crippen LogP) is 5.53. The highest BCUT2D eigenvalue weighted by Gasteiger charge is 1.88. The highest BCUT2D eigenvalue weighted by molar-refractivity contribution is 5.10. The molecule has 0 fully saturated rings. The van der Waals surface area contributed by atoms with Crippen LogP contribution in [0.5, 0.6) is 0 Å². The van der Waals surface area contributed by atoms with E-state index in [0.29, 0.717) is 0 Å². The Morgan fingerprint density at radius 3 is 1.74 bits per heavy atom. The van der Waals surface area contributed by atoms with Crippen molar-refractivity contribution < 1.29 is 0 Å². The van der Waals surface area contributed by atoms with Crippen LogP contribution in [0.15, 0.2) is 36.5 Å². The van der Waals surface area contributed by atoms with Crippen LogP contribution in [0, 0.1) is 0 Å². The van der Waals surface area contributed by atoms with Gasteiger partial charge >= 0.3 is 0 Å². The van der Waals surface area contributed by atoms with Gasteiger partial charge in [0.2, 0.25) is 0 Å². The van der Waals surface area contributed by atoms with E-state index in [2.05, 4.69) is 43.4 Å². The molecule has 0 aliphatic rings. The maximum absolute atomic E-state index is 5.46. The van der Waals surface area contributed by atoms with Gasteiger partial charge in [-0.05, 0) is 32.2 Å². The van der Waals surface area contributed by atoms with Crippen molar-refractivity contribution in [1.29, 1.82) is 0 Å². The average molecular weight is 263 g/mol. The van der Waals surface area contributed by atoms with Crippen molar-refractivity contribution >= 4 is 0 Å². The van der Waals surface area contributed by atoms with E-state index in [9.17, 15) is 0 Å². The molecule has 19 heavy (non-hydrogen) atoms. The first-order valence-electron chi connectivity index (χ1n) is 8.10. The van der Waals surface area contributed by atoms with E-state index >= 15 is 0 Å². The molecule has 0 atom stereocenters. The summed E-state index contributed by atoms with van der Waals surface area (Å²) in [6, 6.07) is 0. The molecule has 110 valence electrons. The van der Waals surface area contributed by atoms with Crippen molar-refractivity contribution in [2.45, 2.75) is 71.1 Å². The Balaban J connectivity index is 3.24. The Morgan fingerprint density at radius 2 is 1.16 bits per heavy atom. The van der Waals surface area contributed by atoms with Gasteiger partial charge in [0.1, 0.15) is 0 Å². The molecule has 1 heteroatoms. The average Bonchev–Trinajstić information content (AvgIpc) is 2.43. The lowest BCUT2D eigenvalue weighted by atomic mass is 10.1. The fraction of sp³-hybridized carbons (Fsp3) is 0.667. The number of hydrogen-bond acceptors (Lipinski definition) is 1. The lowest BCUT2D eigenvalue weighted by Gasteiger charge is -1.98. The molecule has 0 aromatic carbocycles. The van der Waals surface area contributed by atoms with Gasteiger partial charge in [0.05, 0.1) is 0 Å². The zero-order chi connectivity index (χ0) is 14.0. The van der Waals surface area contributed by atoms with Crippen LogP contribution < -0.4 is 5.73 Å². The molecule has 0 rings (SSSR count). The third-order valence-electron chi connectivity index (χ3n) is 3.15. The topological polar surface area (TPSA) is 26.0 Å². The van der Waals surface area contributed by atoms with E-state index in [0.717, 1.165) is 6.54 Å². The van der Waals surface area contributed by atoms with Gasteiger partial charge in [-0.15, -0.1) is 0 Å². The summed E-state index contributed by atoms with van der Waals surface area (Å²) in [6.45, 7) is 3.08. The molecule has 0 saturated heterocycles. The van der Waals surface area contributed by atoms with Crippen LogP contribution in [-0.2, 0) is 0 Å². The summed E-state index contributed by atoms with van der Waals surface area (Å²) in [4.78, 5) is 0. The van der Waals surface area contributed by atoms with Crippen LogP contribution in [0.4, 0.5) is 0 Å². The zero-order valence-electron chi connectivity index (χ0n) is 12.8. The zero-order valence-corrected chi connectivity index (χ0v) is 12.8. The van der Waals surface area contributed by atoms with Crippen molar-refractivity contribution in [3.8, 4) is 0 Å². The van der Waals surface area contributed by atoms with Gasteiger partial charge in [0.25, 0.3) is 0 Å². The number of rotatable bonds is 13. The fourth-order valence-corrected chi connectivity index (χ4v) is 1.91. The summed E-state index contributed by atoms with van der Waals surface area (Å²) in [6.07, 6.45) is 26.0. The van der Waals surface area contributed by atoms with Crippen LogP contribution in [0.3, 0.4) is 0 Å². The van der Waals surface area contributed by atoms with Crippen LogP contribution in [-0.4, -0.2) is 6.54 Å². The van der Waals surface area contributed by atoms with Gasteiger partial charge in [0.15, 0.2) is 0 Å². The molecule has 0 aliphatic carbocycles. The number of nitrogens with two attached hydrogens (primary N) is 1. The highest BCUT2D eigenvalue weighted by Crippen LogP contribution is 2.07. The third-order valence-corrected chi connectivity index (χ3v) is 3.15. The van der Waals surface area contributed by atoms with Crippen LogP contribution in [0.25, 0.3) is 0 Å². The minimum atomic E-state index is 0.849. The van der Waals surface area contributed by atoms with E-state index in [1.807, 2.05) is 0 Å². The van der Waals surface area contributed by atoms with E-state index in [1.165, 1.54) is 64.2 Å². The minimum absolute atomic E-state index is 0.849. The van der Waals surface area contributed by atoms with Crippen molar-refractivity contribution in [2.24, 2.45) is 5.73 Å². The maximum Gasteiger partial charge on any atom is -0.00773 e. The highest BCUT2D eigenvalue weighted by atomic mass is 14.5. The summed E-state index contributed by atoms with van der Waals surface area (Å²) < 4.78 is 0. The van der Waals surface area contributed by atoms with Crippen molar-refractivity contribution in [3.63, 3.8) is 0 Å². The first kappa shape index (κ1) is 18.2. The first-order valence-corrected chi connectivity index (χ1v) is 8.10. The molecule has 0 heterocycles. The van der Waals surface area contributed by atoms with Gasteiger partial charge in [-0.1, -0.05) is 81.9 Å². The molecular formula is C18H33N. The molecule has 0 amide bonds. The molecule has 0 bridgehead atoms. The minimum Gasteiger partial charge on any atom is -0.330 e. The van der Waals surface area contributed by atoms with E-state index in [1.54, 1.807) is 0 Å². The Bertz CT molecular complexity index is 238. The van der Waals surface area contributed by atoms with E-state index in [-0.39, 0.29) is 0 Å². The van der Waals surface area contributed by atoms with Crippen LogP contribution in [0.1, 0.15) is 71.1 Å². The summed E-state index contributed by atoms with van der Waals surface area (Å²) in [5.74, 6) is 0. The summed E-state index contributed by atoms with van der Waals surface area (Å²) in [7, 11) is 0. The number of unbranched alkanes of at least 4 members (excludes halogenated alkanes) is 8. The second kappa shape index (κ2) is 17.2. The third kappa shape index (κ3) is 17.2. The standard InChI is InChI=1S/C18H33N/c1-2-3-4-5-6-7-8-9-10-11-12-13-14-15-16-17-18-19/h5-10H,2-4,11-19H2,1H3/b6-5-,8-7+,10-9-. The van der Waals surface area contributed by atoms with Crippen molar-refractivity contribution in [3.05, 3.63) is 36.5 Å². The van der Waals surface area contributed by atoms with Gasteiger partial charge in [-0.25, -0.2) is 0 Å². The Morgan fingerprint density at radius 1 is 0.632 bits per heavy atom. The normalized spacial score (nSPS) is 12.3. The number of hydrogen-bond donors (Lipinski definition) is 1. The summed E-state index contributed by atoms with van der Waals surface area (Å²) in [5.41, 5.74) is 5.46. The van der Waals surface area contributed by atoms with Crippen molar-refractivity contribution in [2.75, 3.05) is 6.54 Å². The molecular weight excluding hydrogens is 230 g/mol. The quantitative estimate of drug-likeness (QED) is 0.343. The van der Waals surface area contributed by atoms with E-state index in [4.69, 9.17) is 5.73 Å². The lowest BCUT2D eigenvalue weighted by molar-refractivity contribution is 0.601. The maximum atomic E-state index is 5.46. The summed E-state index contributed by atoms with van der Waals surface area (Å²) in [5, 5.41) is 0. The Kier molecular flexibility index (Phi) is 16.4. The molecule has 1 nitrogen and oxygen atoms in total. The van der Waals surface area contributed by atoms with Gasteiger partial charge in [-0.3, -0.25) is 0 Å². The lowest BCUT2D eigenvalue weighted by Crippen LogP contribution is -1.97. The largest absolute Gasteiger partial charge is 0.330 e. The van der Waals surface area contributed by atoms with Crippen molar-refractivity contribution in [1.82, 2.24) is 0 Å². The van der Waals surface area contributed by atoms with Gasteiger partial charge in [0, 0.05) is 0 Å². The molecule has 0 aromatic rings. The van der Waals surface area contributed by atoms with E-state index < -0.39 is 0 Å². The molecule has 0 unspecified atom stereocenters. The van der Waals surface area contributed by atoms with Gasteiger partial charge < -0.3 is 5.73 Å². The molecule has 0 aromatic heterocycles. The SMILES string of the molecule is CCCC\C=C/C=C/C=C\CCCCCCCCN. The Labute approximate surface area is 120 Å². The molecule has 0 saturated carbocycles. The summed E-state index contributed by atoms with van der Waals surface area (Å²) >= 11 is 0. The molecule has 0 aliphatic heterocycles. The second-order valence-corrected chi connectivity index (χ2v) is 5.08. The molecule has 2 N–H and O–H groups in total. The van der Waals surface area contributed by atoms with Crippen LogP contribution in [0.2, 0.25) is 0 Å². The van der Waals surface area contributed by atoms with Crippen LogP contribution >= 0.6 is 0 Å². The second-order valence-electron chi connectivity index (χ2n) is 5.08. The first-order chi connectivity index (χ1) is 9.41. The number of allylic oxidation sites excluding steroid dienone is 6. The van der Waals surface area contributed by atoms with Gasteiger partial charge in [-0.2, -0.15) is 0 Å². The monoisotopic (exact) mass is 263 g/mol.